The van der Waals surface area contributed by atoms with Gasteiger partial charge < -0.3 is 5.32 Å². The monoisotopic (exact) mass is 311 g/mol. The number of anilines is 1. The number of hydrogen-bond donors (Lipinski definition) is 2. The lowest BCUT2D eigenvalue weighted by Gasteiger charge is -2.04. The molecule has 1 aromatic heterocycles. The highest BCUT2D eigenvalue weighted by Gasteiger charge is 2.09. The van der Waals surface area contributed by atoms with Crippen LogP contribution in [0.2, 0.25) is 0 Å². The van der Waals surface area contributed by atoms with Gasteiger partial charge in [-0.3, -0.25) is 5.10 Å². The number of rotatable bonds is 4. The molecule has 0 atom stereocenters. The van der Waals surface area contributed by atoms with Crippen molar-refractivity contribution < 1.29 is 4.39 Å². The van der Waals surface area contributed by atoms with Crippen LogP contribution in [-0.4, -0.2) is 16.7 Å². The summed E-state index contributed by atoms with van der Waals surface area (Å²) in [5.41, 5.74) is 1.19. The molecule has 0 fully saturated rings. The fourth-order valence-electron chi connectivity index (χ4n) is 1.57. The van der Waals surface area contributed by atoms with Gasteiger partial charge in [-0.25, -0.2) is 4.39 Å². The molecule has 0 saturated heterocycles. The van der Waals surface area contributed by atoms with Crippen molar-refractivity contribution in [2.75, 3.05) is 11.9 Å². The van der Waals surface area contributed by atoms with E-state index in [-0.39, 0.29) is 5.82 Å². The SMILES string of the molecule is CC(C)CNc1cc(-c2ccc(Br)cc2F)[nH]n1. The Balaban J connectivity index is 2.18. The summed E-state index contributed by atoms with van der Waals surface area (Å²) in [7, 11) is 0. The normalized spacial score (nSPS) is 10.9. The van der Waals surface area contributed by atoms with Crippen LogP contribution in [0.25, 0.3) is 11.3 Å². The van der Waals surface area contributed by atoms with Gasteiger partial charge in [-0.15, -0.1) is 0 Å². The second kappa shape index (κ2) is 5.52. The second-order valence-corrected chi connectivity index (χ2v) is 5.48. The Bertz CT molecular complexity index is 537. The maximum absolute atomic E-state index is 13.8. The van der Waals surface area contributed by atoms with E-state index in [1.807, 2.05) is 6.07 Å². The molecule has 0 aliphatic carbocycles. The molecule has 0 bridgehead atoms. The molecule has 2 N–H and O–H groups in total. The molecule has 2 rings (SSSR count). The highest BCUT2D eigenvalue weighted by Crippen LogP contribution is 2.25. The van der Waals surface area contributed by atoms with Crippen LogP contribution >= 0.6 is 15.9 Å². The zero-order valence-corrected chi connectivity index (χ0v) is 11.9. The molecule has 0 aliphatic heterocycles. The predicted molar refractivity (Wildman–Crippen MR) is 75.0 cm³/mol. The quantitative estimate of drug-likeness (QED) is 0.894. The van der Waals surface area contributed by atoms with Gasteiger partial charge in [0.15, 0.2) is 0 Å². The van der Waals surface area contributed by atoms with Crippen LogP contribution in [-0.2, 0) is 0 Å². The molecule has 18 heavy (non-hydrogen) atoms. The zero-order valence-electron chi connectivity index (χ0n) is 10.3. The molecule has 0 amide bonds. The Hall–Kier alpha value is -1.36. The Morgan fingerprint density at radius 3 is 2.83 bits per heavy atom. The zero-order chi connectivity index (χ0) is 13.1. The lowest BCUT2D eigenvalue weighted by atomic mass is 10.1. The Kier molecular flexibility index (Phi) is 4.01. The number of benzene rings is 1. The summed E-state index contributed by atoms with van der Waals surface area (Å²) < 4.78 is 14.5. The molecule has 0 radical (unpaired) electrons. The summed E-state index contributed by atoms with van der Waals surface area (Å²) in [5.74, 6) is 0.999. The predicted octanol–water partition coefficient (Wildman–Crippen LogP) is 4.05. The number of hydrogen-bond acceptors (Lipinski definition) is 2. The number of aromatic amines is 1. The van der Waals surface area contributed by atoms with Gasteiger partial charge >= 0.3 is 0 Å². The van der Waals surface area contributed by atoms with Crippen molar-refractivity contribution in [3.63, 3.8) is 0 Å². The lowest BCUT2D eigenvalue weighted by Crippen LogP contribution is -2.07. The van der Waals surface area contributed by atoms with Crippen molar-refractivity contribution in [3.05, 3.63) is 34.6 Å². The molecule has 2 aromatic rings. The number of nitrogens with zero attached hydrogens (tertiary/aromatic N) is 1. The minimum Gasteiger partial charge on any atom is -0.368 e. The standard InChI is InChI=1S/C13H15BrFN3/c1-8(2)7-16-13-6-12(17-18-13)10-4-3-9(14)5-11(10)15/h3-6,8H,7H2,1-2H3,(H2,16,17,18). The summed E-state index contributed by atoms with van der Waals surface area (Å²) in [4.78, 5) is 0. The smallest absolute Gasteiger partial charge is 0.148 e. The van der Waals surface area contributed by atoms with Crippen LogP contribution in [0.1, 0.15) is 13.8 Å². The number of aromatic nitrogens is 2. The minimum atomic E-state index is -0.275. The molecular weight excluding hydrogens is 297 g/mol. The van der Waals surface area contributed by atoms with Gasteiger partial charge in [-0.2, -0.15) is 5.10 Å². The van der Waals surface area contributed by atoms with E-state index in [0.717, 1.165) is 16.8 Å². The van der Waals surface area contributed by atoms with Gasteiger partial charge in [0.25, 0.3) is 0 Å². The van der Waals surface area contributed by atoms with Crippen molar-refractivity contribution in [1.82, 2.24) is 10.2 Å². The first-order chi connectivity index (χ1) is 8.56. The van der Waals surface area contributed by atoms with Crippen molar-refractivity contribution in [1.29, 1.82) is 0 Å². The van der Waals surface area contributed by atoms with Gasteiger partial charge in [0, 0.05) is 22.6 Å². The maximum Gasteiger partial charge on any atom is 0.148 e. The van der Waals surface area contributed by atoms with Crippen molar-refractivity contribution >= 4 is 21.7 Å². The topological polar surface area (TPSA) is 40.7 Å². The van der Waals surface area contributed by atoms with E-state index < -0.39 is 0 Å². The molecule has 5 heteroatoms. The maximum atomic E-state index is 13.8. The fraction of sp³-hybridized carbons (Fsp3) is 0.308. The first-order valence-electron chi connectivity index (χ1n) is 5.81. The van der Waals surface area contributed by atoms with E-state index in [4.69, 9.17) is 0 Å². The summed E-state index contributed by atoms with van der Waals surface area (Å²) in [6.45, 7) is 5.08. The summed E-state index contributed by atoms with van der Waals surface area (Å²) in [6, 6.07) is 6.78. The van der Waals surface area contributed by atoms with Gasteiger partial charge in [-0.1, -0.05) is 29.8 Å². The van der Waals surface area contributed by atoms with Crippen LogP contribution in [0.4, 0.5) is 10.2 Å². The molecule has 1 heterocycles. The highest BCUT2D eigenvalue weighted by molar-refractivity contribution is 9.10. The largest absolute Gasteiger partial charge is 0.368 e. The Morgan fingerprint density at radius 1 is 1.39 bits per heavy atom. The molecule has 0 saturated carbocycles. The summed E-state index contributed by atoms with van der Waals surface area (Å²) in [5, 5.41) is 10.1. The van der Waals surface area contributed by atoms with E-state index in [1.165, 1.54) is 6.07 Å². The van der Waals surface area contributed by atoms with Crippen molar-refractivity contribution in [2.24, 2.45) is 5.92 Å². The molecule has 1 aromatic carbocycles. The van der Waals surface area contributed by atoms with E-state index in [1.54, 1.807) is 12.1 Å². The Morgan fingerprint density at radius 2 is 2.17 bits per heavy atom. The average molecular weight is 312 g/mol. The third-order valence-electron chi connectivity index (χ3n) is 2.49. The molecular formula is C13H15BrFN3. The van der Waals surface area contributed by atoms with Gasteiger partial charge in [-0.05, 0) is 24.1 Å². The van der Waals surface area contributed by atoms with Crippen LogP contribution in [0.3, 0.4) is 0 Å². The van der Waals surface area contributed by atoms with Crippen molar-refractivity contribution in [3.8, 4) is 11.3 Å². The van der Waals surface area contributed by atoms with Crippen LogP contribution < -0.4 is 5.32 Å². The van der Waals surface area contributed by atoms with Crippen molar-refractivity contribution in [2.45, 2.75) is 13.8 Å². The fourth-order valence-corrected chi connectivity index (χ4v) is 1.90. The first-order valence-corrected chi connectivity index (χ1v) is 6.60. The van der Waals surface area contributed by atoms with Crippen LogP contribution in [0.5, 0.6) is 0 Å². The molecule has 0 aliphatic rings. The van der Waals surface area contributed by atoms with E-state index in [0.29, 0.717) is 17.2 Å². The average Bonchev–Trinajstić information content (AvgIpc) is 2.75. The second-order valence-electron chi connectivity index (χ2n) is 4.57. The van der Waals surface area contributed by atoms with Gasteiger partial charge in [0.1, 0.15) is 11.6 Å². The van der Waals surface area contributed by atoms with Gasteiger partial charge in [0.05, 0.1) is 5.69 Å². The van der Waals surface area contributed by atoms with E-state index >= 15 is 0 Å². The van der Waals surface area contributed by atoms with E-state index in [9.17, 15) is 4.39 Å². The third-order valence-corrected chi connectivity index (χ3v) is 2.98. The lowest BCUT2D eigenvalue weighted by molar-refractivity contribution is 0.630. The van der Waals surface area contributed by atoms with Crippen LogP contribution in [0, 0.1) is 11.7 Å². The minimum absolute atomic E-state index is 0.275. The number of halogens is 2. The first kappa shape index (κ1) is 13.1. The molecule has 0 unspecified atom stereocenters. The summed E-state index contributed by atoms with van der Waals surface area (Å²) in [6.07, 6.45) is 0. The third kappa shape index (κ3) is 3.10. The number of H-pyrrole nitrogens is 1. The Labute approximate surface area is 114 Å². The molecule has 96 valence electrons. The van der Waals surface area contributed by atoms with E-state index in [2.05, 4.69) is 45.3 Å². The molecule has 0 spiro atoms. The number of nitrogens with one attached hydrogen (secondary N) is 2. The van der Waals surface area contributed by atoms with Crippen LogP contribution in [0.15, 0.2) is 28.7 Å². The van der Waals surface area contributed by atoms with Gasteiger partial charge in [0.2, 0.25) is 0 Å². The molecule has 3 nitrogen and oxygen atoms in total. The summed E-state index contributed by atoms with van der Waals surface area (Å²) >= 11 is 3.24. The highest BCUT2D eigenvalue weighted by atomic mass is 79.9.